The maximum atomic E-state index is 12.8. The van der Waals surface area contributed by atoms with Crippen molar-refractivity contribution in [2.75, 3.05) is 13.1 Å². The predicted octanol–water partition coefficient (Wildman–Crippen LogP) is -0.896. The van der Waals surface area contributed by atoms with Gasteiger partial charge in [0.15, 0.2) is 12.5 Å². The van der Waals surface area contributed by atoms with Crippen molar-refractivity contribution in [1.29, 1.82) is 0 Å². The van der Waals surface area contributed by atoms with E-state index in [9.17, 15) is 34.8 Å². The number of carbonyl (C=O) groups excluding carboxylic acids is 1. The molecule has 11 atom stereocenters. The van der Waals surface area contributed by atoms with E-state index in [-0.39, 0.29) is 18.5 Å². The van der Waals surface area contributed by atoms with E-state index in [2.05, 4.69) is 22.5 Å². The van der Waals surface area contributed by atoms with E-state index < -0.39 is 72.5 Å². The van der Waals surface area contributed by atoms with Crippen LogP contribution in [0.5, 0.6) is 0 Å². The maximum Gasteiger partial charge on any atom is 0.330 e. The van der Waals surface area contributed by atoms with Gasteiger partial charge in [-0.15, -0.1) is 0 Å². The first kappa shape index (κ1) is 36.6. The molecule has 1 aromatic rings. The van der Waals surface area contributed by atoms with E-state index in [1.54, 1.807) is 0 Å². The lowest BCUT2D eigenvalue weighted by atomic mass is 9.90. The average molecular weight is 656 g/mol. The summed E-state index contributed by atoms with van der Waals surface area (Å²) in [6, 6.07) is 0.309. The van der Waals surface area contributed by atoms with Crippen LogP contribution in [0.4, 0.5) is 0 Å². The van der Waals surface area contributed by atoms with Crippen LogP contribution in [0.3, 0.4) is 0 Å². The lowest BCUT2D eigenvalue weighted by Crippen LogP contribution is -2.59. The number of H-pyrrole nitrogens is 1. The second-order valence-electron chi connectivity index (χ2n) is 12.8. The number of nitrogens with two attached hydrogens (primary N) is 1. The summed E-state index contributed by atoms with van der Waals surface area (Å²) < 4.78 is 18.8. The van der Waals surface area contributed by atoms with E-state index in [1.165, 1.54) is 38.5 Å². The molecule has 15 nitrogen and oxygen atoms in total. The zero-order valence-electron chi connectivity index (χ0n) is 26.7. The number of hydrogen-bond donors (Lipinski definition) is 8. The molecule has 0 unspecified atom stereocenters. The van der Waals surface area contributed by atoms with Crippen molar-refractivity contribution in [3.63, 3.8) is 0 Å². The molecule has 1 aromatic heterocycles. The largest absolute Gasteiger partial charge is 0.387 e. The molecular formula is C31H53N5O10. The fourth-order valence-corrected chi connectivity index (χ4v) is 6.62. The number of ether oxygens (including phenoxy) is 3. The summed E-state index contributed by atoms with van der Waals surface area (Å²) in [5.41, 5.74) is 4.21. The van der Waals surface area contributed by atoms with Crippen LogP contribution in [-0.4, -0.2) is 110 Å². The Balaban J connectivity index is 1.40. The summed E-state index contributed by atoms with van der Waals surface area (Å²) in [7, 11) is 0. The number of nitrogens with one attached hydrogen (secondary N) is 3. The standard InChI is InChI=1S/C31H53N5O10/c1-2-3-4-5-6-7-8-9-10-11-21(37)34-18-12-14-33-19(16-18)27(46-30-26(42)23(39)20(17-32)44-30)28-24(40)25(41)29(45-28)36-15-13-22(38)35-31(36)43/h13,15,18-20,23-30,33,39-42H,2-12,14,16-17,32H2,1H3,(H,34,37)(H,35,38,43)/t18-,19-,20-,23-,24+,25-,26-,27+,28+,29-,30+/m1/s1. The third kappa shape index (κ3) is 9.45. The molecule has 1 amide bonds. The van der Waals surface area contributed by atoms with E-state index in [0.29, 0.717) is 25.8 Å². The highest BCUT2D eigenvalue weighted by molar-refractivity contribution is 5.76. The number of aromatic amines is 1. The average Bonchev–Trinajstić information content (AvgIpc) is 3.48. The van der Waals surface area contributed by atoms with Gasteiger partial charge in [0.1, 0.15) is 42.7 Å². The molecule has 46 heavy (non-hydrogen) atoms. The Bertz CT molecular complexity index is 1200. The fourth-order valence-electron chi connectivity index (χ4n) is 6.62. The van der Waals surface area contributed by atoms with Gasteiger partial charge in [-0.25, -0.2) is 4.79 Å². The molecule has 4 rings (SSSR count). The molecular weight excluding hydrogens is 602 g/mol. The summed E-state index contributed by atoms with van der Waals surface area (Å²) in [4.78, 5) is 39.0. The Hall–Kier alpha value is -2.21. The van der Waals surface area contributed by atoms with Gasteiger partial charge < -0.3 is 51.0 Å². The van der Waals surface area contributed by atoms with Gasteiger partial charge in [-0.3, -0.25) is 19.1 Å². The van der Waals surface area contributed by atoms with Gasteiger partial charge >= 0.3 is 5.69 Å². The topological polar surface area (TPSA) is 231 Å². The van der Waals surface area contributed by atoms with Crippen LogP contribution in [0.15, 0.2) is 21.9 Å². The molecule has 15 heteroatoms. The highest BCUT2D eigenvalue weighted by Crippen LogP contribution is 2.35. The molecule has 0 spiro atoms. The molecule has 3 fully saturated rings. The van der Waals surface area contributed by atoms with Crippen molar-refractivity contribution < 1.29 is 39.4 Å². The van der Waals surface area contributed by atoms with E-state index in [1.807, 2.05) is 0 Å². The molecule has 0 aliphatic carbocycles. The first-order valence-corrected chi connectivity index (χ1v) is 16.9. The summed E-state index contributed by atoms with van der Waals surface area (Å²) >= 11 is 0. The molecule has 0 radical (unpaired) electrons. The molecule has 3 saturated heterocycles. The SMILES string of the molecule is CCCCCCCCCCCC(=O)N[C@@H]1CCN[C@@H]([C@H](O[C@@H]2O[C@H](CN)[C@@H](O)[C@H]2O)[C@H]2O[C@@H](n3ccc(=O)[nH]c3=O)[C@H](O)[C@@H]2O)C1. The number of hydrogen-bond acceptors (Lipinski definition) is 12. The molecule has 262 valence electrons. The van der Waals surface area contributed by atoms with Crippen molar-refractivity contribution in [3.05, 3.63) is 33.1 Å². The van der Waals surface area contributed by atoms with Crippen LogP contribution in [0.2, 0.25) is 0 Å². The van der Waals surface area contributed by atoms with Gasteiger partial charge in [-0.05, 0) is 25.8 Å². The number of piperidine rings is 1. The number of aromatic nitrogens is 2. The molecule has 3 aliphatic rings. The van der Waals surface area contributed by atoms with Crippen molar-refractivity contribution in [2.24, 2.45) is 5.73 Å². The van der Waals surface area contributed by atoms with Crippen molar-refractivity contribution in [1.82, 2.24) is 20.2 Å². The van der Waals surface area contributed by atoms with Crippen LogP contribution < -0.4 is 27.6 Å². The Kier molecular flexibility index (Phi) is 14.2. The number of amides is 1. The monoisotopic (exact) mass is 655 g/mol. The van der Waals surface area contributed by atoms with Crippen molar-refractivity contribution in [2.45, 2.75) is 151 Å². The number of aliphatic hydroxyl groups is 4. The quantitative estimate of drug-likeness (QED) is 0.0955. The molecule has 4 heterocycles. The van der Waals surface area contributed by atoms with E-state index >= 15 is 0 Å². The second kappa shape index (κ2) is 17.8. The zero-order valence-corrected chi connectivity index (χ0v) is 26.7. The minimum atomic E-state index is -1.58. The highest BCUT2D eigenvalue weighted by atomic mass is 16.7. The molecule has 0 saturated carbocycles. The Morgan fingerprint density at radius 2 is 1.72 bits per heavy atom. The van der Waals surface area contributed by atoms with Gasteiger partial charge in [0.05, 0.1) is 0 Å². The minimum Gasteiger partial charge on any atom is -0.387 e. The van der Waals surface area contributed by atoms with Crippen molar-refractivity contribution in [3.8, 4) is 0 Å². The van der Waals surface area contributed by atoms with Crippen LogP contribution >= 0.6 is 0 Å². The molecule has 0 aromatic carbocycles. The van der Waals surface area contributed by atoms with E-state index in [4.69, 9.17) is 19.9 Å². The van der Waals surface area contributed by atoms with Gasteiger partial charge in [-0.2, -0.15) is 0 Å². The van der Waals surface area contributed by atoms with Crippen LogP contribution in [0, 0.1) is 0 Å². The third-order valence-corrected chi connectivity index (χ3v) is 9.27. The second-order valence-corrected chi connectivity index (χ2v) is 12.8. The lowest BCUT2D eigenvalue weighted by molar-refractivity contribution is -0.228. The highest BCUT2D eigenvalue weighted by Gasteiger charge is 2.53. The zero-order chi connectivity index (χ0) is 33.2. The minimum absolute atomic E-state index is 0.0420. The number of aliphatic hydroxyl groups excluding tert-OH is 4. The summed E-state index contributed by atoms with van der Waals surface area (Å²) in [5, 5.41) is 49.5. The van der Waals surface area contributed by atoms with Crippen molar-refractivity contribution >= 4 is 5.91 Å². The van der Waals surface area contributed by atoms with Gasteiger partial charge in [-0.1, -0.05) is 58.3 Å². The smallest absolute Gasteiger partial charge is 0.330 e. The maximum absolute atomic E-state index is 12.8. The Morgan fingerprint density at radius 3 is 2.37 bits per heavy atom. The molecule has 0 bridgehead atoms. The number of carbonyl (C=O) groups is 1. The molecule has 3 aliphatic heterocycles. The van der Waals surface area contributed by atoms with Crippen LogP contribution in [0.1, 0.15) is 90.2 Å². The van der Waals surface area contributed by atoms with Crippen LogP contribution in [0.25, 0.3) is 0 Å². The Morgan fingerprint density at radius 1 is 1.02 bits per heavy atom. The third-order valence-electron chi connectivity index (χ3n) is 9.27. The summed E-state index contributed by atoms with van der Waals surface area (Å²) in [5.74, 6) is -0.0420. The lowest BCUT2D eigenvalue weighted by Gasteiger charge is -2.39. The molecule has 9 N–H and O–H groups in total. The van der Waals surface area contributed by atoms with E-state index in [0.717, 1.165) is 36.1 Å². The number of unbranched alkanes of at least 4 members (excludes halogenated alkanes) is 8. The number of nitrogens with zero attached hydrogens (tertiary/aromatic N) is 1. The Labute approximate surface area is 268 Å². The van der Waals surface area contributed by atoms with Gasteiger partial charge in [0.25, 0.3) is 5.56 Å². The van der Waals surface area contributed by atoms with Gasteiger partial charge in [0, 0.05) is 37.3 Å². The summed E-state index contributed by atoms with van der Waals surface area (Å²) in [6.45, 7) is 2.62. The van der Waals surface area contributed by atoms with Crippen LogP contribution in [-0.2, 0) is 19.0 Å². The first-order chi connectivity index (χ1) is 22.1. The fraction of sp³-hybridized carbons (Fsp3) is 0.839. The van der Waals surface area contributed by atoms with Gasteiger partial charge in [0.2, 0.25) is 5.91 Å². The normalized spacial score (nSPS) is 33.7. The summed E-state index contributed by atoms with van der Waals surface area (Å²) in [6.07, 6.45) is 1.25. The first-order valence-electron chi connectivity index (χ1n) is 16.9. The number of rotatable bonds is 17. The predicted molar refractivity (Wildman–Crippen MR) is 167 cm³/mol.